The van der Waals surface area contributed by atoms with E-state index in [1.165, 1.54) is 0 Å². The van der Waals surface area contributed by atoms with Crippen LogP contribution < -0.4 is 11.1 Å². The topological polar surface area (TPSA) is 77.1 Å². The number of nitrogens with one attached hydrogen (secondary N) is 1. The molecular formula is C17H15N3O2. The lowest BCUT2D eigenvalue weighted by atomic mass is 10.1. The molecule has 0 saturated carbocycles. The normalized spacial score (nSPS) is 10.6. The Morgan fingerprint density at radius 1 is 1.09 bits per heavy atom. The van der Waals surface area contributed by atoms with Crippen molar-refractivity contribution in [3.8, 4) is 0 Å². The van der Waals surface area contributed by atoms with Crippen molar-refractivity contribution in [2.45, 2.75) is 0 Å². The van der Waals surface area contributed by atoms with Crippen LogP contribution in [0.15, 0.2) is 54.7 Å². The van der Waals surface area contributed by atoms with Gasteiger partial charge < -0.3 is 15.6 Å². The zero-order valence-electron chi connectivity index (χ0n) is 12.0. The number of carbonyl (C=O) groups excluding carboxylic acids is 2. The Labute approximate surface area is 127 Å². The Kier molecular flexibility index (Phi) is 3.39. The predicted molar refractivity (Wildman–Crippen MR) is 85.8 cm³/mol. The van der Waals surface area contributed by atoms with Crippen LogP contribution in [0.4, 0.5) is 5.69 Å². The highest BCUT2D eigenvalue weighted by Gasteiger charge is 2.14. The van der Waals surface area contributed by atoms with E-state index in [1.54, 1.807) is 30.5 Å². The summed E-state index contributed by atoms with van der Waals surface area (Å²) in [5.74, 6) is -0.750. The molecular weight excluding hydrogens is 278 g/mol. The zero-order valence-corrected chi connectivity index (χ0v) is 12.0. The quantitative estimate of drug-likeness (QED) is 0.778. The van der Waals surface area contributed by atoms with Gasteiger partial charge in [-0.25, -0.2) is 0 Å². The van der Waals surface area contributed by atoms with Crippen LogP contribution in [0.5, 0.6) is 0 Å². The van der Waals surface area contributed by atoms with E-state index < -0.39 is 5.91 Å². The van der Waals surface area contributed by atoms with Crippen molar-refractivity contribution in [1.29, 1.82) is 0 Å². The minimum Gasteiger partial charge on any atom is -0.366 e. The van der Waals surface area contributed by atoms with Gasteiger partial charge in [0.2, 0.25) is 5.91 Å². The van der Waals surface area contributed by atoms with Crippen molar-refractivity contribution in [1.82, 2.24) is 4.57 Å². The molecule has 5 heteroatoms. The number of para-hydroxylation sites is 1. The second-order valence-corrected chi connectivity index (χ2v) is 5.07. The predicted octanol–water partition coefficient (Wildman–Crippen LogP) is 2.53. The molecule has 0 bridgehead atoms. The van der Waals surface area contributed by atoms with E-state index in [4.69, 9.17) is 5.73 Å². The average Bonchev–Trinajstić information content (AvgIpc) is 2.85. The molecule has 110 valence electrons. The molecule has 3 N–H and O–H groups in total. The third-order valence-electron chi connectivity index (χ3n) is 3.55. The molecule has 22 heavy (non-hydrogen) atoms. The summed E-state index contributed by atoms with van der Waals surface area (Å²) in [6.45, 7) is 0. The minimum atomic E-state index is -0.527. The lowest BCUT2D eigenvalue weighted by Gasteiger charge is -2.05. The standard InChI is InChI=1S/C17H15N3O2/c1-20-10-14(13-7-2-3-8-15(13)20)17(22)19-12-6-4-5-11(9-12)16(18)21/h2-10H,1H3,(H2,18,21)(H,19,22). The first-order valence-corrected chi connectivity index (χ1v) is 6.81. The molecule has 1 aromatic heterocycles. The van der Waals surface area contributed by atoms with Crippen molar-refractivity contribution < 1.29 is 9.59 Å². The fraction of sp³-hybridized carbons (Fsp3) is 0.0588. The number of amides is 2. The second-order valence-electron chi connectivity index (χ2n) is 5.07. The number of fused-ring (bicyclic) bond motifs is 1. The van der Waals surface area contributed by atoms with Crippen LogP contribution in [0, 0.1) is 0 Å². The highest BCUT2D eigenvalue weighted by molar-refractivity contribution is 6.13. The number of anilines is 1. The maximum absolute atomic E-state index is 12.5. The van der Waals surface area contributed by atoms with Gasteiger partial charge in [0.15, 0.2) is 0 Å². The summed E-state index contributed by atoms with van der Waals surface area (Å²) in [6.07, 6.45) is 1.79. The third-order valence-corrected chi connectivity index (χ3v) is 3.55. The van der Waals surface area contributed by atoms with Crippen LogP contribution in [-0.2, 0) is 7.05 Å². The number of nitrogens with zero attached hydrogens (tertiary/aromatic N) is 1. The molecule has 0 saturated heterocycles. The first kappa shape index (κ1) is 13.9. The Balaban J connectivity index is 1.94. The maximum atomic E-state index is 12.5. The van der Waals surface area contributed by atoms with Crippen molar-refractivity contribution in [2.24, 2.45) is 12.8 Å². The molecule has 0 spiro atoms. The number of carbonyl (C=O) groups is 2. The lowest BCUT2D eigenvalue weighted by Crippen LogP contribution is -2.14. The molecule has 0 aliphatic rings. The number of primary amides is 1. The van der Waals surface area contributed by atoms with Gasteiger partial charge in [0.05, 0.1) is 5.56 Å². The van der Waals surface area contributed by atoms with Crippen LogP contribution in [0.25, 0.3) is 10.9 Å². The number of benzene rings is 2. The van der Waals surface area contributed by atoms with Gasteiger partial charge in [0.25, 0.3) is 5.91 Å². The van der Waals surface area contributed by atoms with Gasteiger partial charge in [-0.05, 0) is 24.3 Å². The van der Waals surface area contributed by atoms with Gasteiger partial charge in [-0.3, -0.25) is 9.59 Å². The molecule has 0 aliphatic carbocycles. The second kappa shape index (κ2) is 5.37. The van der Waals surface area contributed by atoms with Gasteiger partial charge in [-0.15, -0.1) is 0 Å². The molecule has 2 aromatic carbocycles. The summed E-state index contributed by atoms with van der Waals surface area (Å²) in [7, 11) is 1.90. The van der Waals surface area contributed by atoms with Gasteiger partial charge >= 0.3 is 0 Å². The van der Waals surface area contributed by atoms with Gasteiger partial charge in [0, 0.05) is 35.4 Å². The van der Waals surface area contributed by atoms with Gasteiger partial charge in [-0.1, -0.05) is 24.3 Å². The van der Waals surface area contributed by atoms with E-state index in [2.05, 4.69) is 5.32 Å². The largest absolute Gasteiger partial charge is 0.366 e. The van der Waals surface area contributed by atoms with E-state index in [1.807, 2.05) is 35.9 Å². The van der Waals surface area contributed by atoms with Crippen molar-refractivity contribution in [3.63, 3.8) is 0 Å². The van der Waals surface area contributed by atoms with Crippen molar-refractivity contribution in [2.75, 3.05) is 5.32 Å². The molecule has 3 aromatic rings. The number of hydrogen-bond acceptors (Lipinski definition) is 2. The van der Waals surface area contributed by atoms with Crippen LogP contribution in [0.3, 0.4) is 0 Å². The number of rotatable bonds is 3. The molecule has 0 atom stereocenters. The first-order chi connectivity index (χ1) is 10.6. The Morgan fingerprint density at radius 2 is 1.86 bits per heavy atom. The monoisotopic (exact) mass is 293 g/mol. The molecule has 5 nitrogen and oxygen atoms in total. The summed E-state index contributed by atoms with van der Waals surface area (Å²) < 4.78 is 1.91. The maximum Gasteiger partial charge on any atom is 0.257 e. The number of hydrogen-bond donors (Lipinski definition) is 2. The van der Waals surface area contributed by atoms with Crippen LogP contribution in [0.1, 0.15) is 20.7 Å². The highest BCUT2D eigenvalue weighted by atomic mass is 16.2. The lowest BCUT2D eigenvalue weighted by molar-refractivity contribution is 0.0996. The molecule has 0 unspecified atom stereocenters. The van der Waals surface area contributed by atoms with Crippen molar-refractivity contribution in [3.05, 3.63) is 65.9 Å². The summed E-state index contributed by atoms with van der Waals surface area (Å²) in [5, 5.41) is 3.68. The summed E-state index contributed by atoms with van der Waals surface area (Å²) in [4.78, 5) is 23.7. The molecule has 3 rings (SSSR count). The van der Waals surface area contributed by atoms with Crippen molar-refractivity contribution >= 4 is 28.4 Å². The van der Waals surface area contributed by atoms with Gasteiger partial charge in [-0.2, -0.15) is 0 Å². The van der Waals surface area contributed by atoms with E-state index in [9.17, 15) is 9.59 Å². The Morgan fingerprint density at radius 3 is 2.64 bits per heavy atom. The molecule has 1 heterocycles. The summed E-state index contributed by atoms with van der Waals surface area (Å²) >= 11 is 0. The number of aromatic nitrogens is 1. The first-order valence-electron chi connectivity index (χ1n) is 6.81. The third kappa shape index (κ3) is 2.44. The minimum absolute atomic E-state index is 0.224. The van der Waals surface area contributed by atoms with Crippen LogP contribution in [0.2, 0.25) is 0 Å². The molecule has 0 radical (unpaired) electrons. The van der Waals surface area contributed by atoms with Crippen LogP contribution in [-0.4, -0.2) is 16.4 Å². The molecule has 2 amide bonds. The molecule has 0 fully saturated rings. The number of nitrogens with two attached hydrogens (primary N) is 1. The summed E-state index contributed by atoms with van der Waals surface area (Å²) in [5.41, 5.74) is 7.71. The Bertz CT molecular complexity index is 880. The fourth-order valence-electron chi connectivity index (χ4n) is 2.47. The van der Waals surface area contributed by atoms with E-state index in [0.717, 1.165) is 10.9 Å². The van der Waals surface area contributed by atoms with E-state index in [-0.39, 0.29) is 5.91 Å². The van der Waals surface area contributed by atoms with Crippen LogP contribution >= 0.6 is 0 Å². The zero-order chi connectivity index (χ0) is 15.7. The average molecular weight is 293 g/mol. The Hall–Kier alpha value is -3.08. The van der Waals surface area contributed by atoms with E-state index >= 15 is 0 Å². The molecule has 0 aliphatic heterocycles. The van der Waals surface area contributed by atoms with Gasteiger partial charge in [0.1, 0.15) is 0 Å². The SMILES string of the molecule is Cn1cc(C(=O)Nc2cccc(C(N)=O)c2)c2ccccc21. The smallest absolute Gasteiger partial charge is 0.257 e. The summed E-state index contributed by atoms with van der Waals surface area (Å²) in [6, 6.07) is 14.3. The van der Waals surface area contributed by atoms with E-state index in [0.29, 0.717) is 16.8 Å². The number of aryl methyl sites for hydroxylation is 1. The highest BCUT2D eigenvalue weighted by Crippen LogP contribution is 2.21. The fourth-order valence-corrected chi connectivity index (χ4v) is 2.47.